The Morgan fingerprint density at radius 1 is 1.50 bits per heavy atom. The molecule has 1 atom stereocenters. The van der Waals surface area contributed by atoms with Gasteiger partial charge in [0.1, 0.15) is 0 Å². The van der Waals surface area contributed by atoms with Crippen molar-refractivity contribution in [2.45, 2.75) is 5.92 Å². The minimum absolute atomic E-state index is 0.0613. The first kappa shape index (κ1) is 7.17. The molecule has 60 valence electrons. The van der Waals surface area contributed by atoms with E-state index >= 15 is 0 Å². The molecular weight excluding hydrogens is 148 g/mol. The topological polar surface area (TPSA) is 27.0 Å². The number of fused-ring (bicyclic) bond motifs is 1. The zero-order valence-corrected chi connectivity index (χ0v) is 6.99. The van der Waals surface area contributed by atoms with Crippen molar-refractivity contribution in [1.82, 2.24) is 0 Å². The van der Waals surface area contributed by atoms with E-state index in [1.165, 1.54) is 11.3 Å². The Labute approximate surface area is 72.0 Å². The lowest BCUT2D eigenvalue weighted by atomic mass is 10.0. The summed E-state index contributed by atoms with van der Waals surface area (Å²) in [6.45, 7) is 0.829. The van der Waals surface area contributed by atoms with E-state index in [0.29, 0.717) is 0 Å². The third kappa shape index (κ3) is 0.868. The van der Waals surface area contributed by atoms with Gasteiger partial charge < -0.3 is 4.90 Å². The molecule has 0 fully saturated rings. The lowest BCUT2D eigenvalue weighted by Gasteiger charge is -2.10. The normalized spacial score (nSPS) is 20.3. The summed E-state index contributed by atoms with van der Waals surface area (Å²) in [5.41, 5.74) is 2.37. The first-order valence-electron chi connectivity index (χ1n) is 4.02. The summed E-state index contributed by atoms with van der Waals surface area (Å²) in [7, 11) is 2.02. The molecular formula is C10H10N2. The number of nitriles is 1. The van der Waals surface area contributed by atoms with Crippen LogP contribution in [-0.2, 0) is 0 Å². The molecule has 0 N–H and O–H groups in total. The Bertz CT molecular complexity index is 338. The number of anilines is 1. The number of rotatable bonds is 0. The van der Waals surface area contributed by atoms with E-state index in [1.807, 2.05) is 25.2 Å². The van der Waals surface area contributed by atoms with Crippen LogP contribution in [0.3, 0.4) is 0 Å². The molecule has 1 unspecified atom stereocenters. The van der Waals surface area contributed by atoms with Gasteiger partial charge in [-0.25, -0.2) is 0 Å². The minimum atomic E-state index is 0.0613. The van der Waals surface area contributed by atoms with Crippen molar-refractivity contribution in [3.63, 3.8) is 0 Å². The highest BCUT2D eigenvalue weighted by Gasteiger charge is 2.24. The van der Waals surface area contributed by atoms with Crippen LogP contribution in [0.15, 0.2) is 24.3 Å². The van der Waals surface area contributed by atoms with E-state index in [9.17, 15) is 0 Å². The van der Waals surface area contributed by atoms with Crippen molar-refractivity contribution in [3.8, 4) is 6.07 Å². The molecule has 1 aliphatic heterocycles. The van der Waals surface area contributed by atoms with Gasteiger partial charge in [-0.15, -0.1) is 0 Å². The number of likely N-dealkylation sites (N-methyl/N-ethyl adjacent to an activating group) is 1. The Morgan fingerprint density at radius 2 is 2.25 bits per heavy atom. The van der Waals surface area contributed by atoms with Crippen LogP contribution in [-0.4, -0.2) is 13.6 Å². The van der Waals surface area contributed by atoms with Crippen LogP contribution in [0.4, 0.5) is 5.69 Å². The molecule has 12 heavy (non-hydrogen) atoms. The highest BCUT2D eigenvalue weighted by atomic mass is 15.1. The fraction of sp³-hybridized carbons (Fsp3) is 0.300. The average Bonchev–Trinajstić information content (AvgIpc) is 2.44. The van der Waals surface area contributed by atoms with Gasteiger partial charge >= 0.3 is 0 Å². The molecule has 0 saturated heterocycles. The van der Waals surface area contributed by atoms with Crippen LogP contribution in [0.5, 0.6) is 0 Å². The summed E-state index contributed by atoms with van der Waals surface area (Å²) in [5, 5.41) is 8.85. The van der Waals surface area contributed by atoms with Crippen LogP contribution in [0.25, 0.3) is 0 Å². The van der Waals surface area contributed by atoms with E-state index < -0.39 is 0 Å². The van der Waals surface area contributed by atoms with Crippen molar-refractivity contribution in [1.29, 1.82) is 5.26 Å². The van der Waals surface area contributed by atoms with Gasteiger partial charge in [-0.3, -0.25) is 0 Å². The Hall–Kier alpha value is -1.49. The predicted molar refractivity (Wildman–Crippen MR) is 48.1 cm³/mol. The maximum atomic E-state index is 8.85. The zero-order chi connectivity index (χ0) is 8.55. The number of benzene rings is 1. The van der Waals surface area contributed by atoms with Gasteiger partial charge in [0, 0.05) is 19.3 Å². The van der Waals surface area contributed by atoms with E-state index in [-0.39, 0.29) is 5.92 Å². The minimum Gasteiger partial charge on any atom is -0.373 e. The SMILES string of the molecule is CN1CC(C#N)c2ccccc21. The lowest BCUT2D eigenvalue weighted by molar-refractivity contribution is 0.875. The van der Waals surface area contributed by atoms with Crippen molar-refractivity contribution in [3.05, 3.63) is 29.8 Å². The fourth-order valence-electron chi connectivity index (χ4n) is 1.71. The second-order valence-electron chi connectivity index (χ2n) is 3.12. The maximum Gasteiger partial charge on any atom is 0.0907 e. The molecule has 1 aromatic carbocycles. The number of para-hydroxylation sites is 1. The molecule has 2 rings (SSSR count). The van der Waals surface area contributed by atoms with Crippen molar-refractivity contribution < 1.29 is 0 Å². The number of nitrogens with zero attached hydrogens (tertiary/aromatic N) is 2. The molecule has 0 aromatic heterocycles. The first-order chi connectivity index (χ1) is 5.83. The van der Waals surface area contributed by atoms with Crippen LogP contribution in [0, 0.1) is 11.3 Å². The molecule has 0 spiro atoms. The quantitative estimate of drug-likeness (QED) is 0.575. The molecule has 0 radical (unpaired) electrons. The van der Waals surface area contributed by atoms with Gasteiger partial charge in [0.2, 0.25) is 0 Å². The highest BCUT2D eigenvalue weighted by molar-refractivity contribution is 5.61. The summed E-state index contributed by atoms with van der Waals surface area (Å²) in [4.78, 5) is 2.13. The summed E-state index contributed by atoms with van der Waals surface area (Å²) in [6.07, 6.45) is 0. The van der Waals surface area contributed by atoms with E-state index in [2.05, 4.69) is 17.0 Å². The summed E-state index contributed by atoms with van der Waals surface area (Å²) in [6, 6.07) is 10.4. The summed E-state index contributed by atoms with van der Waals surface area (Å²) >= 11 is 0. The van der Waals surface area contributed by atoms with Gasteiger partial charge in [0.25, 0.3) is 0 Å². The Morgan fingerprint density at radius 3 is 3.00 bits per heavy atom. The molecule has 1 aliphatic rings. The van der Waals surface area contributed by atoms with Gasteiger partial charge in [-0.1, -0.05) is 18.2 Å². The van der Waals surface area contributed by atoms with E-state index in [1.54, 1.807) is 0 Å². The van der Waals surface area contributed by atoms with Gasteiger partial charge in [0.15, 0.2) is 0 Å². The summed E-state index contributed by atoms with van der Waals surface area (Å²) < 4.78 is 0. The third-order valence-corrected chi connectivity index (χ3v) is 2.34. The van der Waals surface area contributed by atoms with Crippen molar-refractivity contribution in [2.24, 2.45) is 0 Å². The molecule has 0 amide bonds. The monoisotopic (exact) mass is 158 g/mol. The summed E-state index contributed by atoms with van der Waals surface area (Å²) in [5.74, 6) is 0.0613. The molecule has 0 bridgehead atoms. The smallest absolute Gasteiger partial charge is 0.0907 e. The molecule has 2 nitrogen and oxygen atoms in total. The van der Waals surface area contributed by atoms with Crippen molar-refractivity contribution in [2.75, 3.05) is 18.5 Å². The zero-order valence-electron chi connectivity index (χ0n) is 6.99. The predicted octanol–water partition coefficient (Wildman–Crippen LogP) is 1.74. The second-order valence-corrected chi connectivity index (χ2v) is 3.12. The molecule has 1 heterocycles. The van der Waals surface area contributed by atoms with E-state index in [0.717, 1.165) is 6.54 Å². The average molecular weight is 158 g/mol. The molecule has 1 aromatic rings. The van der Waals surface area contributed by atoms with Crippen LogP contribution < -0.4 is 4.90 Å². The Kier molecular flexibility index (Phi) is 1.51. The van der Waals surface area contributed by atoms with Crippen LogP contribution in [0.1, 0.15) is 11.5 Å². The Balaban J connectivity index is 2.52. The van der Waals surface area contributed by atoms with E-state index in [4.69, 9.17) is 5.26 Å². The molecule has 0 saturated carbocycles. The maximum absolute atomic E-state index is 8.85. The number of hydrogen-bond donors (Lipinski definition) is 0. The standard InChI is InChI=1S/C10H10N2/c1-12-7-8(6-11)9-4-2-3-5-10(9)12/h2-5,8H,7H2,1H3. The van der Waals surface area contributed by atoms with Gasteiger partial charge in [-0.2, -0.15) is 5.26 Å². The van der Waals surface area contributed by atoms with Crippen LogP contribution in [0.2, 0.25) is 0 Å². The van der Waals surface area contributed by atoms with Gasteiger partial charge in [0.05, 0.1) is 12.0 Å². The lowest BCUT2D eigenvalue weighted by Crippen LogP contribution is -2.14. The van der Waals surface area contributed by atoms with Crippen LogP contribution >= 0.6 is 0 Å². The molecule has 2 heteroatoms. The highest BCUT2D eigenvalue weighted by Crippen LogP contribution is 2.33. The number of hydrogen-bond acceptors (Lipinski definition) is 2. The first-order valence-corrected chi connectivity index (χ1v) is 4.02. The van der Waals surface area contributed by atoms with Gasteiger partial charge in [-0.05, 0) is 11.6 Å². The largest absolute Gasteiger partial charge is 0.373 e. The fourth-order valence-corrected chi connectivity index (χ4v) is 1.71. The molecule has 0 aliphatic carbocycles. The second kappa shape index (κ2) is 2.53. The third-order valence-electron chi connectivity index (χ3n) is 2.34. The van der Waals surface area contributed by atoms with Crippen molar-refractivity contribution >= 4 is 5.69 Å².